The van der Waals surface area contributed by atoms with E-state index in [4.69, 9.17) is 4.74 Å². The van der Waals surface area contributed by atoms with Gasteiger partial charge in [0.1, 0.15) is 5.69 Å². The van der Waals surface area contributed by atoms with Gasteiger partial charge in [-0.15, -0.1) is 0 Å². The Bertz CT molecular complexity index is 1210. The molecule has 0 spiro atoms. The van der Waals surface area contributed by atoms with Crippen molar-refractivity contribution in [2.45, 2.75) is 6.18 Å². The molecule has 4 rings (SSSR count). The molecule has 0 unspecified atom stereocenters. The van der Waals surface area contributed by atoms with Crippen molar-refractivity contribution in [1.82, 2.24) is 9.55 Å². The molecule has 142 valence electrons. The molecule has 0 aliphatic carbocycles. The van der Waals surface area contributed by atoms with Crippen LogP contribution in [0.2, 0.25) is 0 Å². The maximum atomic E-state index is 12.9. The number of aryl methyl sites for hydroxylation is 1. The van der Waals surface area contributed by atoms with Crippen LogP contribution in [0.15, 0.2) is 54.6 Å². The Morgan fingerprint density at radius 3 is 2.36 bits per heavy atom. The zero-order valence-electron chi connectivity index (χ0n) is 15.0. The second kappa shape index (κ2) is 6.37. The van der Waals surface area contributed by atoms with E-state index in [2.05, 4.69) is 4.98 Å². The molecule has 0 bridgehead atoms. The fourth-order valence-corrected chi connectivity index (χ4v) is 3.42. The lowest BCUT2D eigenvalue weighted by Crippen LogP contribution is -2.06. The Kier molecular flexibility index (Phi) is 4.10. The molecule has 7 heteroatoms. The van der Waals surface area contributed by atoms with E-state index in [1.807, 2.05) is 35.9 Å². The number of aromatic nitrogens is 2. The van der Waals surface area contributed by atoms with Gasteiger partial charge in [-0.05, 0) is 24.3 Å². The summed E-state index contributed by atoms with van der Waals surface area (Å²) in [6.07, 6.45) is -4.42. The Balaban J connectivity index is 2.05. The van der Waals surface area contributed by atoms with Gasteiger partial charge >= 0.3 is 12.1 Å². The number of halogens is 3. The van der Waals surface area contributed by atoms with Crippen LogP contribution < -0.4 is 0 Å². The van der Waals surface area contributed by atoms with Crippen molar-refractivity contribution in [1.29, 1.82) is 0 Å². The highest BCUT2D eigenvalue weighted by Gasteiger charge is 2.30. The van der Waals surface area contributed by atoms with E-state index in [0.29, 0.717) is 11.3 Å². The average Bonchev–Trinajstić information content (AvgIpc) is 2.99. The first kappa shape index (κ1) is 18.0. The second-order valence-electron chi connectivity index (χ2n) is 6.40. The molecule has 2 aromatic carbocycles. The lowest BCUT2D eigenvalue weighted by molar-refractivity contribution is -0.137. The van der Waals surface area contributed by atoms with E-state index < -0.39 is 17.7 Å². The van der Waals surface area contributed by atoms with E-state index >= 15 is 0 Å². The predicted molar refractivity (Wildman–Crippen MR) is 100.0 cm³/mol. The summed E-state index contributed by atoms with van der Waals surface area (Å²) in [5.74, 6) is -0.608. The Morgan fingerprint density at radius 1 is 1.04 bits per heavy atom. The lowest BCUT2D eigenvalue weighted by atomic mass is 10.0. The third-order valence-corrected chi connectivity index (χ3v) is 4.76. The maximum Gasteiger partial charge on any atom is 0.416 e. The van der Waals surface area contributed by atoms with Crippen LogP contribution in [0.4, 0.5) is 13.2 Å². The molecular formula is C21H15F3N2O2. The normalized spacial score (nSPS) is 11.9. The molecule has 0 aliphatic heterocycles. The minimum absolute atomic E-state index is 0.0984. The summed E-state index contributed by atoms with van der Waals surface area (Å²) in [7, 11) is 3.12. The van der Waals surface area contributed by atoms with Crippen LogP contribution in [0.25, 0.3) is 33.1 Å². The quantitative estimate of drug-likeness (QED) is 0.446. The van der Waals surface area contributed by atoms with Gasteiger partial charge in [-0.2, -0.15) is 13.2 Å². The Labute approximate surface area is 158 Å². The number of carbonyl (C=O) groups is 1. The minimum atomic E-state index is -4.42. The fraction of sp³-hybridized carbons (Fsp3) is 0.143. The van der Waals surface area contributed by atoms with Crippen molar-refractivity contribution in [2.24, 2.45) is 7.05 Å². The van der Waals surface area contributed by atoms with Crippen LogP contribution in [-0.4, -0.2) is 22.6 Å². The summed E-state index contributed by atoms with van der Waals surface area (Å²) in [6.45, 7) is 0. The highest BCUT2D eigenvalue weighted by atomic mass is 19.4. The van der Waals surface area contributed by atoms with Crippen LogP contribution in [0, 0.1) is 0 Å². The SMILES string of the molecule is COC(=O)c1cc2c3ccccc3n(C)c2c(-c2ccc(C(F)(F)F)cc2)n1. The van der Waals surface area contributed by atoms with Crippen molar-refractivity contribution >= 4 is 27.8 Å². The topological polar surface area (TPSA) is 44.1 Å². The molecule has 0 saturated carbocycles. The highest BCUT2D eigenvalue weighted by Crippen LogP contribution is 2.36. The van der Waals surface area contributed by atoms with E-state index in [0.717, 1.165) is 33.9 Å². The zero-order chi connectivity index (χ0) is 20.1. The highest BCUT2D eigenvalue weighted by molar-refractivity contribution is 6.13. The van der Waals surface area contributed by atoms with Crippen LogP contribution >= 0.6 is 0 Å². The van der Waals surface area contributed by atoms with Gasteiger partial charge in [-0.1, -0.05) is 30.3 Å². The van der Waals surface area contributed by atoms with Crippen molar-refractivity contribution < 1.29 is 22.7 Å². The van der Waals surface area contributed by atoms with Crippen molar-refractivity contribution in [2.75, 3.05) is 7.11 Å². The van der Waals surface area contributed by atoms with Crippen molar-refractivity contribution in [3.8, 4) is 11.3 Å². The predicted octanol–water partition coefficient (Wildman–Crippen LogP) is 5.20. The van der Waals surface area contributed by atoms with Crippen LogP contribution in [0.3, 0.4) is 0 Å². The third-order valence-electron chi connectivity index (χ3n) is 4.76. The summed E-state index contributed by atoms with van der Waals surface area (Å²) in [5, 5.41) is 1.70. The number of para-hydroxylation sites is 1. The number of benzene rings is 2. The molecule has 0 radical (unpaired) electrons. The first-order chi connectivity index (χ1) is 13.3. The number of carbonyl (C=O) groups excluding carboxylic acids is 1. The summed E-state index contributed by atoms with van der Waals surface area (Å²) >= 11 is 0. The van der Waals surface area contributed by atoms with Crippen LogP contribution in [0.5, 0.6) is 0 Å². The van der Waals surface area contributed by atoms with Crippen LogP contribution in [-0.2, 0) is 18.0 Å². The monoisotopic (exact) mass is 384 g/mol. The number of hydrogen-bond donors (Lipinski definition) is 0. The molecule has 2 heterocycles. The minimum Gasteiger partial charge on any atom is -0.464 e. The average molecular weight is 384 g/mol. The Hall–Kier alpha value is -3.35. The molecule has 2 aromatic heterocycles. The maximum absolute atomic E-state index is 12.9. The molecule has 28 heavy (non-hydrogen) atoms. The van der Waals surface area contributed by atoms with Crippen molar-refractivity contribution in [3.63, 3.8) is 0 Å². The number of fused-ring (bicyclic) bond motifs is 3. The van der Waals surface area contributed by atoms with Gasteiger partial charge in [0, 0.05) is 28.9 Å². The Morgan fingerprint density at radius 2 is 1.71 bits per heavy atom. The van der Waals surface area contributed by atoms with E-state index in [-0.39, 0.29) is 5.69 Å². The molecule has 4 aromatic rings. The summed E-state index contributed by atoms with van der Waals surface area (Å²) in [6, 6.07) is 14.0. The molecule has 4 nitrogen and oxygen atoms in total. The number of rotatable bonds is 2. The standard InChI is InChI=1S/C21H15F3N2O2/c1-26-17-6-4-3-5-14(17)15-11-16(20(27)28-2)25-18(19(15)26)12-7-9-13(10-8-12)21(22,23)24/h3-11H,1-2H3. The summed E-state index contributed by atoms with van der Waals surface area (Å²) in [4.78, 5) is 16.5. The van der Waals surface area contributed by atoms with E-state index in [9.17, 15) is 18.0 Å². The molecule has 0 N–H and O–H groups in total. The van der Waals surface area contributed by atoms with E-state index in [1.165, 1.54) is 19.2 Å². The molecule has 0 saturated heterocycles. The second-order valence-corrected chi connectivity index (χ2v) is 6.40. The largest absolute Gasteiger partial charge is 0.464 e. The fourth-order valence-electron chi connectivity index (χ4n) is 3.42. The molecular weight excluding hydrogens is 369 g/mol. The summed E-state index contributed by atoms with van der Waals surface area (Å²) < 4.78 is 45.5. The number of pyridine rings is 1. The molecule has 0 amide bonds. The van der Waals surface area contributed by atoms with Crippen LogP contribution in [0.1, 0.15) is 16.1 Å². The van der Waals surface area contributed by atoms with Gasteiger partial charge in [0.15, 0.2) is 0 Å². The van der Waals surface area contributed by atoms with Gasteiger partial charge in [0.2, 0.25) is 0 Å². The molecule has 0 fully saturated rings. The van der Waals surface area contributed by atoms with Gasteiger partial charge in [0.25, 0.3) is 0 Å². The molecule has 0 aliphatic rings. The molecule has 0 atom stereocenters. The number of methoxy groups -OCH3 is 1. The van der Waals surface area contributed by atoms with Gasteiger partial charge in [-0.25, -0.2) is 9.78 Å². The first-order valence-electron chi connectivity index (χ1n) is 8.45. The number of hydrogen-bond acceptors (Lipinski definition) is 3. The zero-order valence-corrected chi connectivity index (χ0v) is 15.0. The number of ether oxygens (including phenoxy) is 1. The van der Waals surface area contributed by atoms with Crippen molar-refractivity contribution in [3.05, 3.63) is 65.9 Å². The number of esters is 1. The third kappa shape index (κ3) is 2.79. The first-order valence-corrected chi connectivity index (χ1v) is 8.45. The van der Waals surface area contributed by atoms with Gasteiger partial charge < -0.3 is 9.30 Å². The summed E-state index contributed by atoms with van der Waals surface area (Å²) in [5.41, 5.74) is 1.91. The lowest BCUT2D eigenvalue weighted by Gasteiger charge is -2.10. The smallest absolute Gasteiger partial charge is 0.416 e. The number of alkyl halides is 3. The van der Waals surface area contributed by atoms with Gasteiger partial charge in [0.05, 0.1) is 23.9 Å². The van der Waals surface area contributed by atoms with E-state index in [1.54, 1.807) is 6.07 Å². The van der Waals surface area contributed by atoms with Gasteiger partial charge in [-0.3, -0.25) is 0 Å². The number of nitrogens with zero attached hydrogens (tertiary/aromatic N) is 2.